The van der Waals surface area contributed by atoms with E-state index in [0.29, 0.717) is 18.8 Å². The number of aromatic nitrogens is 1. The summed E-state index contributed by atoms with van der Waals surface area (Å²) in [6.07, 6.45) is 5.99. The number of hydrogen-bond acceptors (Lipinski definition) is 6. The van der Waals surface area contributed by atoms with Gasteiger partial charge in [0.1, 0.15) is 5.69 Å². The average Bonchev–Trinajstić information content (AvgIpc) is 2.86. The summed E-state index contributed by atoms with van der Waals surface area (Å²) in [5.74, 6) is -0.115. The first-order valence-corrected chi connectivity index (χ1v) is 11.2. The number of morpholine rings is 1. The van der Waals surface area contributed by atoms with E-state index in [9.17, 15) is 9.59 Å². The van der Waals surface area contributed by atoms with E-state index in [4.69, 9.17) is 24.5 Å². The number of rotatable bonds is 4. The van der Waals surface area contributed by atoms with Crippen molar-refractivity contribution in [1.29, 1.82) is 0 Å². The molecule has 10 heteroatoms. The number of nitrogens with one attached hydrogen (secondary N) is 1. The molecule has 0 saturated carbocycles. The second kappa shape index (κ2) is 14.5. The molecule has 188 valence electrons. The van der Waals surface area contributed by atoms with Gasteiger partial charge in [-0.3, -0.25) is 24.1 Å². The Balaban J connectivity index is 0.000000655. The lowest BCUT2D eigenvalue weighted by atomic mass is 9.89. The van der Waals surface area contributed by atoms with Crippen LogP contribution in [0.25, 0.3) is 6.08 Å². The molecule has 2 aromatic rings. The van der Waals surface area contributed by atoms with Crippen LogP contribution >= 0.6 is 0 Å². The van der Waals surface area contributed by atoms with Gasteiger partial charge in [0.25, 0.3) is 18.9 Å². The molecule has 1 aromatic carbocycles. The van der Waals surface area contributed by atoms with Crippen molar-refractivity contribution >= 4 is 24.9 Å². The summed E-state index contributed by atoms with van der Waals surface area (Å²) in [6.45, 7) is 4.21. The minimum Gasteiger partial charge on any atom is -0.483 e. The van der Waals surface area contributed by atoms with Crippen LogP contribution in [-0.4, -0.2) is 88.8 Å². The van der Waals surface area contributed by atoms with Gasteiger partial charge in [-0.1, -0.05) is 48.6 Å². The molecular weight excluding hydrogens is 454 g/mol. The molecule has 35 heavy (non-hydrogen) atoms. The third-order valence-electron chi connectivity index (χ3n) is 5.76. The lowest BCUT2D eigenvalue weighted by Gasteiger charge is -2.47. The van der Waals surface area contributed by atoms with Gasteiger partial charge in [-0.15, -0.1) is 0 Å². The molecule has 2 aliphatic heterocycles. The summed E-state index contributed by atoms with van der Waals surface area (Å²) < 4.78 is 6.19. The average molecular weight is 486 g/mol. The Morgan fingerprint density at radius 2 is 1.66 bits per heavy atom. The molecule has 2 fully saturated rings. The highest BCUT2D eigenvalue weighted by Gasteiger charge is 2.40. The van der Waals surface area contributed by atoms with E-state index >= 15 is 0 Å². The molecule has 2 aliphatic rings. The van der Waals surface area contributed by atoms with Gasteiger partial charge in [0.15, 0.2) is 0 Å². The Labute approximate surface area is 203 Å². The lowest BCUT2D eigenvalue weighted by molar-refractivity contribution is -0.130. The fraction of sp³-hybridized carbons (Fsp3) is 0.360. The third kappa shape index (κ3) is 8.84. The largest absolute Gasteiger partial charge is 0.483 e. The Hall–Kier alpha value is -3.76. The van der Waals surface area contributed by atoms with Crippen molar-refractivity contribution in [2.75, 3.05) is 39.3 Å². The Kier molecular flexibility index (Phi) is 11.4. The number of carbonyl (C=O) groups is 3. The van der Waals surface area contributed by atoms with E-state index in [2.05, 4.69) is 34.2 Å². The van der Waals surface area contributed by atoms with Crippen molar-refractivity contribution in [1.82, 2.24) is 14.8 Å². The van der Waals surface area contributed by atoms with Crippen LogP contribution in [0.15, 0.2) is 59.4 Å². The Morgan fingerprint density at radius 1 is 1.00 bits per heavy atom. The predicted molar refractivity (Wildman–Crippen MR) is 130 cm³/mol. The number of benzene rings is 1. The maximum atomic E-state index is 12.7. The van der Waals surface area contributed by atoms with Gasteiger partial charge < -0.3 is 24.8 Å². The van der Waals surface area contributed by atoms with Crippen LogP contribution in [0.3, 0.4) is 0 Å². The van der Waals surface area contributed by atoms with Crippen LogP contribution in [0, 0.1) is 0 Å². The van der Waals surface area contributed by atoms with Crippen LogP contribution in [0.5, 0.6) is 0 Å². The molecule has 10 nitrogen and oxygen atoms in total. The Morgan fingerprint density at radius 3 is 2.29 bits per heavy atom. The van der Waals surface area contributed by atoms with Crippen LogP contribution in [0.4, 0.5) is 0 Å². The highest BCUT2D eigenvalue weighted by Crippen LogP contribution is 2.30. The summed E-state index contributed by atoms with van der Waals surface area (Å²) >= 11 is 0. The summed E-state index contributed by atoms with van der Waals surface area (Å²) in [7, 11) is 0. The van der Waals surface area contributed by atoms with E-state index in [0.717, 1.165) is 39.1 Å². The van der Waals surface area contributed by atoms with Gasteiger partial charge in [-0.2, -0.15) is 0 Å². The first kappa shape index (κ1) is 27.5. The van der Waals surface area contributed by atoms with Crippen LogP contribution in [0.1, 0.15) is 28.9 Å². The summed E-state index contributed by atoms with van der Waals surface area (Å²) in [6, 6.07) is 15.0. The van der Waals surface area contributed by atoms with Crippen molar-refractivity contribution < 1.29 is 29.3 Å². The van der Waals surface area contributed by atoms with E-state index in [1.54, 1.807) is 12.1 Å². The van der Waals surface area contributed by atoms with E-state index in [-0.39, 0.29) is 30.0 Å². The quantitative estimate of drug-likeness (QED) is 0.557. The number of ether oxygens (including phenoxy) is 1. The molecule has 1 amide bonds. The predicted octanol–water partition coefficient (Wildman–Crippen LogP) is 1.80. The number of hydrogen-bond donors (Lipinski definition) is 3. The smallest absolute Gasteiger partial charge is 0.290 e. The van der Waals surface area contributed by atoms with Crippen LogP contribution in [-0.2, 0) is 14.3 Å². The van der Waals surface area contributed by atoms with Crippen LogP contribution in [0.2, 0.25) is 0 Å². The molecule has 1 spiro atoms. The molecule has 3 N–H and O–H groups in total. The number of amides is 1. The minimum absolute atomic E-state index is 0.115. The van der Waals surface area contributed by atoms with E-state index < -0.39 is 0 Å². The number of carbonyl (C=O) groups excluding carboxylic acids is 1. The molecule has 0 radical (unpaired) electrons. The first-order chi connectivity index (χ1) is 17.0. The highest BCUT2D eigenvalue weighted by atomic mass is 16.5. The second-order valence-electron chi connectivity index (χ2n) is 8.01. The first-order valence-electron chi connectivity index (χ1n) is 11.2. The maximum absolute atomic E-state index is 12.7. The maximum Gasteiger partial charge on any atom is 0.290 e. The molecule has 0 bridgehead atoms. The number of pyridine rings is 1. The molecule has 0 unspecified atom stereocenters. The summed E-state index contributed by atoms with van der Waals surface area (Å²) in [4.78, 5) is 47.7. The van der Waals surface area contributed by atoms with Crippen molar-refractivity contribution in [3.05, 3.63) is 76.2 Å². The van der Waals surface area contributed by atoms with Crippen LogP contribution < -0.4 is 5.56 Å². The van der Waals surface area contributed by atoms with Gasteiger partial charge in [0.05, 0.1) is 12.2 Å². The number of H-pyrrole nitrogens is 1. The SMILES string of the molecule is O=C(c1cccc(=O)[nH]1)N1CCC2(CC1)CN(CC=Cc1ccccc1)CCO2.O=CO.O=CO. The number of carboxylic acid groups (broad SMARTS) is 2. The molecular formula is C25H31N3O7. The number of aromatic amines is 1. The standard InChI is InChI=1S/C23H27N3O3.2CH2O2/c27-21-10-4-9-20(24-21)22(28)26-14-11-23(12-15-26)18-25(16-17-29-23)13-5-8-19-6-2-1-3-7-19;2*2-1-3/h1-10H,11-18H2,(H,24,27);2*1H,(H,2,3). The van der Waals surface area contributed by atoms with Gasteiger partial charge in [0.2, 0.25) is 5.56 Å². The highest BCUT2D eigenvalue weighted by molar-refractivity contribution is 5.92. The minimum atomic E-state index is -0.251. The van der Waals surface area contributed by atoms with Crippen molar-refractivity contribution in [3.8, 4) is 0 Å². The Bertz CT molecular complexity index is 1010. The molecule has 3 heterocycles. The van der Waals surface area contributed by atoms with Crippen molar-refractivity contribution in [3.63, 3.8) is 0 Å². The molecule has 0 aliphatic carbocycles. The fourth-order valence-corrected chi connectivity index (χ4v) is 4.14. The van der Waals surface area contributed by atoms with Crippen molar-refractivity contribution in [2.45, 2.75) is 18.4 Å². The van der Waals surface area contributed by atoms with Gasteiger partial charge in [-0.05, 0) is 24.5 Å². The zero-order valence-corrected chi connectivity index (χ0v) is 19.4. The molecule has 1 aromatic heterocycles. The molecule has 0 atom stereocenters. The van der Waals surface area contributed by atoms with E-state index in [1.165, 1.54) is 11.6 Å². The second-order valence-corrected chi connectivity index (χ2v) is 8.01. The van der Waals surface area contributed by atoms with Gasteiger partial charge >= 0.3 is 0 Å². The number of likely N-dealkylation sites (tertiary alicyclic amines) is 1. The zero-order valence-electron chi connectivity index (χ0n) is 19.4. The van der Waals surface area contributed by atoms with Crippen molar-refractivity contribution in [2.24, 2.45) is 0 Å². The van der Waals surface area contributed by atoms with Gasteiger partial charge in [-0.25, -0.2) is 0 Å². The molecule has 2 saturated heterocycles. The number of nitrogens with zero attached hydrogens (tertiary/aromatic N) is 2. The monoisotopic (exact) mass is 485 g/mol. The van der Waals surface area contributed by atoms with Gasteiger partial charge in [0, 0.05) is 38.8 Å². The fourth-order valence-electron chi connectivity index (χ4n) is 4.14. The summed E-state index contributed by atoms with van der Waals surface area (Å²) in [5.41, 5.74) is 1.13. The zero-order chi connectivity index (χ0) is 25.5. The molecule has 4 rings (SSSR count). The third-order valence-corrected chi connectivity index (χ3v) is 5.76. The summed E-state index contributed by atoms with van der Waals surface area (Å²) in [5, 5.41) is 13.8. The lowest BCUT2D eigenvalue weighted by Crippen LogP contribution is -2.57. The topological polar surface area (TPSA) is 140 Å². The normalized spacial score (nSPS) is 17.0. The number of piperidine rings is 1. The van der Waals surface area contributed by atoms with E-state index in [1.807, 2.05) is 23.1 Å².